The summed E-state index contributed by atoms with van der Waals surface area (Å²) < 4.78 is 36.1. The van der Waals surface area contributed by atoms with Crippen molar-refractivity contribution in [2.24, 2.45) is 5.92 Å². The van der Waals surface area contributed by atoms with Crippen LogP contribution >= 0.6 is 12.6 Å². The molecule has 0 aromatic carbocycles. The number of thiol groups is 1. The predicted octanol–water partition coefficient (Wildman–Crippen LogP) is 3.04. The Morgan fingerprint density at radius 2 is 1.45 bits per heavy atom. The van der Waals surface area contributed by atoms with E-state index in [0.29, 0.717) is 12.8 Å². The van der Waals surface area contributed by atoms with E-state index >= 15 is 0 Å². The van der Waals surface area contributed by atoms with Gasteiger partial charge in [-0.2, -0.15) is 25.8 Å². The summed E-state index contributed by atoms with van der Waals surface area (Å²) in [5.74, 6) is -1.06. The molecule has 0 aromatic heterocycles. The molecule has 1 aliphatic rings. The first-order chi connectivity index (χ1) is 5.00. The van der Waals surface area contributed by atoms with Crippen molar-refractivity contribution in [3.63, 3.8) is 0 Å². The molecule has 11 heavy (non-hydrogen) atoms. The van der Waals surface area contributed by atoms with Crippen LogP contribution in [0.2, 0.25) is 0 Å². The van der Waals surface area contributed by atoms with Crippen LogP contribution in [0.5, 0.6) is 0 Å². The van der Waals surface area contributed by atoms with Gasteiger partial charge < -0.3 is 0 Å². The van der Waals surface area contributed by atoms with Crippen molar-refractivity contribution in [1.29, 1.82) is 0 Å². The molecule has 0 radical (unpaired) electrons. The molecule has 4 heteroatoms. The number of hydrogen-bond acceptors (Lipinski definition) is 1. The predicted molar refractivity (Wildman–Crippen MR) is 40.8 cm³/mol. The van der Waals surface area contributed by atoms with Crippen molar-refractivity contribution in [2.75, 3.05) is 0 Å². The van der Waals surface area contributed by atoms with Gasteiger partial charge in [0.25, 0.3) is 0 Å². The van der Waals surface area contributed by atoms with Crippen LogP contribution in [0.15, 0.2) is 0 Å². The maximum atomic E-state index is 12.0. The van der Waals surface area contributed by atoms with E-state index in [4.69, 9.17) is 0 Å². The van der Waals surface area contributed by atoms with Gasteiger partial charge in [-0.15, -0.1) is 0 Å². The monoisotopic (exact) mass is 184 g/mol. The van der Waals surface area contributed by atoms with E-state index in [1.54, 1.807) is 0 Å². The van der Waals surface area contributed by atoms with Gasteiger partial charge in [-0.1, -0.05) is 0 Å². The summed E-state index contributed by atoms with van der Waals surface area (Å²) in [7, 11) is 0. The molecule has 1 fully saturated rings. The second-order valence-electron chi connectivity index (χ2n) is 3.05. The zero-order valence-electron chi connectivity index (χ0n) is 6.06. The van der Waals surface area contributed by atoms with Gasteiger partial charge in [-0.25, -0.2) is 0 Å². The van der Waals surface area contributed by atoms with E-state index in [1.165, 1.54) is 0 Å². The van der Waals surface area contributed by atoms with E-state index in [9.17, 15) is 13.2 Å². The molecular weight excluding hydrogens is 173 g/mol. The molecule has 0 unspecified atom stereocenters. The minimum Gasteiger partial charge on any atom is -0.176 e. The van der Waals surface area contributed by atoms with Gasteiger partial charge in [0.05, 0.1) is 5.92 Å². The molecule has 0 N–H and O–H groups in total. The highest BCUT2D eigenvalue weighted by Crippen LogP contribution is 2.38. The van der Waals surface area contributed by atoms with Crippen LogP contribution in [0.4, 0.5) is 13.2 Å². The molecule has 0 amide bonds. The third-order valence-corrected chi connectivity index (χ3v) is 2.68. The highest BCUT2D eigenvalue weighted by Gasteiger charge is 2.40. The van der Waals surface area contributed by atoms with Gasteiger partial charge in [0.1, 0.15) is 0 Å². The maximum absolute atomic E-state index is 12.0. The van der Waals surface area contributed by atoms with Gasteiger partial charge in [0, 0.05) is 5.25 Å². The summed E-state index contributed by atoms with van der Waals surface area (Å²) in [6.07, 6.45) is -2.25. The lowest BCUT2D eigenvalue weighted by molar-refractivity contribution is -0.181. The Morgan fingerprint density at radius 3 is 1.82 bits per heavy atom. The molecule has 66 valence electrons. The average molecular weight is 184 g/mol. The molecule has 0 atom stereocenters. The first-order valence-corrected chi connectivity index (χ1v) is 4.26. The number of rotatable bonds is 0. The second-order valence-corrected chi connectivity index (χ2v) is 3.78. The topological polar surface area (TPSA) is 0 Å². The number of hydrogen-bond donors (Lipinski definition) is 1. The average Bonchev–Trinajstić information content (AvgIpc) is 1.86. The lowest BCUT2D eigenvalue weighted by Crippen LogP contribution is -2.27. The molecule has 0 aliphatic heterocycles. The minimum atomic E-state index is -3.98. The zero-order valence-corrected chi connectivity index (χ0v) is 6.96. The van der Waals surface area contributed by atoms with Gasteiger partial charge in [-0.05, 0) is 25.7 Å². The van der Waals surface area contributed by atoms with Crippen molar-refractivity contribution < 1.29 is 13.2 Å². The Kier molecular flexibility index (Phi) is 2.73. The molecule has 0 heterocycles. The quantitative estimate of drug-likeness (QED) is 0.549. The lowest BCUT2D eigenvalue weighted by atomic mass is 9.88. The fourth-order valence-corrected chi connectivity index (χ4v) is 1.70. The third kappa shape index (κ3) is 2.58. The first-order valence-electron chi connectivity index (χ1n) is 3.75. The fraction of sp³-hybridized carbons (Fsp3) is 1.00. The highest BCUT2D eigenvalue weighted by molar-refractivity contribution is 7.80. The summed E-state index contributed by atoms with van der Waals surface area (Å²) in [6.45, 7) is 0. The molecule has 1 rings (SSSR count). The standard InChI is InChI=1S/C7H11F3S/c8-7(9,10)5-1-3-6(11)4-2-5/h5-6,11H,1-4H2. The minimum absolute atomic E-state index is 0.189. The Bertz CT molecular complexity index is 124. The Labute approximate surface area is 69.6 Å². The fourth-order valence-electron chi connectivity index (χ4n) is 1.40. The molecule has 0 bridgehead atoms. The lowest BCUT2D eigenvalue weighted by Gasteiger charge is -2.27. The smallest absolute Gasteiger partial charge is 0.176 e. The van der Waals surface area contributed by atoms with Crippen LogP contribution in [-0.2, 0) is 0 Å². The van der Waals surface area contributed by atoms with Crippen LogP contribution in [0.3, 0.4) is 0 Å². The van der Waals surface area contributed by atoms with Crippen LogP contribution in [0, 0.1) is 5.92 Å². The SMILES string of the molecule is FC(F)(F)C1CCC(S)CC1. The zero-order chi connectivity index (χ0) is 8.48. The summed E-state index contributed by atoms with van der Waals surface area (Å²) in [5.41, 5.74) is 0. The molecule has 1 aliphatic carbocycles. The van der Waals surface area contributed by atoms with Crippen molar-refractivity contribution in [3.05, 3.63) is 0 Å². The Balaban J connectivity index is 2.39. The third-order valence-electron chi connectivity index (χ3n) is 2.16. The normalized spacial score (nSPS) is 33.8. The Morgan fingerprint density at radius 1 is 1.00 bits per heavy atom. The number of alkyl halides is 3. The van der Waals surface area contributed by atoms with Crippen LogP contribution in [0.25, 0.3) is 0 Å². The summed E-state index contributed by atoms with van der Waals surface area (Å²) in [5, 5.41) is 0.189. The van der Waals surface area contributed by atoms with Gasteiger partial charge >= 0.3 is 6.18 Å². The van der Waals surface area contributed by atoms with Gasteiger partial charge in [0.2, 0.25) is 0 Å². The summed E-state index contributed by atoms with van der Waals surface area (Å²) >= 11 is 4.13. The maximum Gasteiger partial charge on any atom is 0.391 e. The van der Waals surface area contributed by atoms with Crippen molar-refractivity contribution in [3.8, 4) is 0 Å². The van der Waals surface area contributed by atoms with Crippen molar-refractivity contribution >= 4 is 12.6 Å². The molecule has 0 nitrogen and oxygen atoms in total. The summed E-state index contributed by atoms with van der Waals surface area (Å²) in [6, 6.07) is 0. The molecule has 0 spiro atoms. The van der Waals surface area contributed by atoms with Gasteiger partial charge in [-0.3, -0.25) is 0 Å². The molecule has 0 aromatic rings. The molecular formula is C7H11F3S. The van der Waals surface area contributed by atoms with E-state index in [1.807, 2.05) is 0 Å². The summed E-state index contributed by atoms with van der Waals surface area (Å²) in [4.78, 5) is 0. The van der Waals surface area contributed by atoms with Crippen molar-refractivity contribution in [2.45, 2.75) is 37.1 Å². The van der Waals surface area contributed by atoms with Crippen LogP contribution in [-0.4, -0.2) is 11.4 Å². The van der Waals surface area contributed by atoms with Crippen molar-refractivity contribution in [1.82, 2.24) is 0 Å². The molecule has 0 saturated heterocycles. The van der Waals surface area contributed by atoms with E-state index < -0.39 is 12.1 Å². The van der Waals surface area contributed by atoms with E-state index in [0.717, 1.165) is 0 Å². The first kappa shape index (κ1) is 9.23. The van der Waals surface area contributed by atoms with E-state index in [2.05, 4.69) is 12.6 Å². The molecule has 1 saturated carbocycles. The second kappa shape index (κ2) is 3.25. The van der Waals surface area contributed by atoms with E-state index in [-0.39, 0.29) is 18.1 Å². The van der Waals surface area contributed by atoms with Crippen LogP contribution in [0.1, 0.15) is 25.7 Å². The Hall–Kier alpha value is 0.140. The van der Waals surface area contributed by atoms with Gasteiger partial charge in [0.15, 0.2) is 0 Å². The highest BCUT2D eigenvalue weighted by atomic mass is 32.1. The number of halogens is 3. The largest absolute Gasteiger partial charge is 0.391 e. The van der Waals surface area contributed by atoms with Crippen LogP contribution < -0.4 is 0 Å².